The molecular formula is C17H17Cl2N3O. The molecule has 1 aromatic heterocycles. The maximum absolute atomic E-state index is 12.2. The van der Waals surface area contributed by atoms with Gasteiger partial charge in [0.2, 0.25) is 5.91 Å². The molecule has 1 N–H and O–H groups in total. The van der Waals surface area contributed by atoms with Crippen molar-refractivity contribution in [3.63, 3.8) is 0 Å². The zero-order valence-electron chi connectivity index (χ0n) is 12.5. The molecule has 6 heteroatoms. The normalized spacial score (nSPS) is 16.7. The number of carbonyl (C=O) groups is 1. The minimum Gasteiger partial charge on any atom is -0.311 e. The highest BCUT2D eigenvalue weighted by atomic mass is 35.5. The van der Waals surface area contributed by atoms with Crippen LogP contribution >= 0.6 is 23.2 Å². The Morgan fingerprint density at radius 1 is 1.35 bits per heavy atom. The molecule has 1 atom stereocenters. The molecule has 0 saturated carbocycles. The first-order chi connectivity index (χ1) is 11.1. The Balaban J connectivity index is 1.67. The third-order valence-electron chi connectivity index (χ3n) is 3.88. The number of hydrogen-bond acceptors (Lipinski definition) is 2. The lowest BCUT2D eigenvalue weighted by molar-refractivity contribution is -0.116. The van der Waals surface area contributed by atoms with Crippen molar-refractivity contribution in [2.24, 2.45) is 5.92 Å². The van der Waals surface area contributed by atoms with Crippen LogP contribution in [-0.2, 0) is 11.3 Å². The van der Waals surface area contributed by atoms with Crippen molar-refractivity contribution < 1.29 is 4.79 Å². The summed E-state index contributed by atoms with van der Waals surface area (Å²) in [5, 5.41) is 8.36. The highest BCUT2D eigenvalue weighted by Gasteiger charge is 2.15. The second-order valence-corrected chi connectivity index (χ2v) is 6.47. The number of allylic oxidation sites excluding steroid dienone is 2. The molecule has 1 aliphatic rings. The average Bonchev–Trinajstić information content (AvgIpc) is 3.14. The van der Waals surface area contributed by atoms with Crippen LogP contribution in [0.15, 0.2) is 42.6 Å². The van der Waals surface area contributed by atoms with Gasteiger partial charge in [-0.15, -0.1) is 0 Å². The van der Waals surface area contributed by atoms with Gasteiger partial charge < -0.3 is 5.32 Å². The predicted molar refractivity (Wildman–Crippen MR) is 92.9 cm³/mol. The van der Waals surface area contributed by atoms with Crippen molar-refractivity contribution in [2.75, 3.05) is 5.32 Å². The fourth-order valence-corrected chi connectivity index (χ4v) is 3.14. The number of aromatic nitrogens is 2. The molecule has 1 unspecified atom stereocenters. The zero-order valence-corrected chi connectivity index (χ0v) is 14.0. The Labute approximate surface area is 145 Å². The van der Waals surface area contributed by atoms with Crippen LogP contribution in [0.25, 0.3) is 0 Å². The maximum atomic E-state index is 12.2. The molecule has 1 aromatic carbocycles. The largest absolute Gasteiger partial charge is 0.311 e. The first kappa shape index (κ1) is 16.1. The predicted octanol–water partition coefficient (Wildman–Crippen LogP) is 4.53. The van der Waals surface area contributed by atoms with Crippen LogP contribution in [0.2, 0.25) is 10.0 Å². The smallest absolute Gasteiger partial charge is 0.226 e. The van der Waals surface area contributed by atoms with E-state index in [2.05, 4.69) is 22.6 Å². The number of amides is 1. The van der Waals surface area contributed by atoms with E-state index >= 15 is 0 Å². The van der Waals surface area contributed by atoms with Crippen molar-refractivity contribution in [1.29, 1.82) is 0 Å². The van der Waals surface area contributed by atoms with Gasteiger partial charge in [0.15, 0.2) is 0 Å². The summed E-state index contributed by atoms with van der Waals surface area (Å²) in [6.07, 6.45) is 8.52. The maximum Gasteiger partial charge on any atom is 0.226 e. The van der Waals surface area contributed by atoms with Crippen molar-refractivity contribution in [2.45, 2.75) is 25.8 Å². The Morgan fingerprint density at radius 3 is 2.96 bits per heavy atom. The molecule has 23 heavy (non-hydrogen) atoms. The lowest BCUT2D eigenvalue weighted by atomic mass is 10.1. The summed E-state index contributed by atoms with van der Waals surface area (Å²) in [5.41, 5.74) is 0.897. The number of nitrogens with zero attached hydrogens (tertiary/aromatic N) is 2. The van der Waals surface area contributed by atoms with Gasteiger partial charge in [0.25, 0.3) is 0 Å². The molecule has 4 nitrogen and oxygen atoms in total. The van der Waals surface area contributed by atoms with Gasteiger partial charge in [-0.2, -0.15) is 5.10 Å². The van der Waals surface area contributed by atoms with Crippen molar-refractivity contribution in [3.8, 4) is 0 Å². The van der Waals surface area contributed by atoms with Crippen LogP contribution in [-0.4, -0.2) is 15.7 Å². The molecular weight excluding hydrogens is 333 g/mol. The average molecular weight is 350 g/mol. The van der Waals surface area contributed by atoms with E-state index in [0.717, 1.165) is 18.4 Å². The molecule has 3 rings (SSSR count). The molecule has 0 fully saturated rings. The highest BCUT2D eigenvalue weighted by Crippen LogP contribution is 2.23. The summed E-state index contributed by atoms with van der Waals surface area (Å²) in [4.78, 5) is 12.2. The minimum absolute atomic E-state index is 0.00510. The van der Waals surface area contributed by atoms with E-state index in [1.54, 1.807) is 29.1 Å². The van der Waals surface area contributed by atoms with E-state index in [4.69, 9.17) is 23.2 Å². The van der Waals surface area contributed by atoms with Gasteiger partial charge in [0.05, 0.1) is 12.7 Å². The summed E-state index contributed by atoms with van der Waals surface area (Å²) < 4.78 is 1.72. The summed E-state index contributed by atoms with van der Waals surface area (Å²) in [6, 6.07) is 7.14. The van der Waals surface area contributed by atoms with E-state index < -0.39 is 0 Å². The van der Waals surface area contributed by atoms with Crippen LogP contribution in [0.3, 0.4) is 0 Å². The van der Waals surface area contributed by atoms with Gasteiger partial charge in [-0.25, -0.2) is 4.68 Å². The first-order valence-electron chi connectivity index (χ1n) is 7.54. The molecule has 0 bridgehead atoms. The Morgan fingerprint density at radius 2 is 2.22 bits per heavy atom. The number of hydrogen-bond donors (Lipinski definition) is 1. The van der Waals surface area contributed by atoms with E-state index in [1.165, 1.54) is 0 Å². The summed E-state index contributed by atoms with van der Waals surface area (Å²) >= 11 is 12.1. The second kappa shape index (κ2) is 7.20. The number of halogens is 2. The Kier molecular flexibility index (Phi) is 5.03. The van der Waals surface area contributed by atoms with Crippen LogP contribution in [0.1, 0.15) is 24.8 Å². The number of benzene rings is 1. The van der Waals surface area contributed by atoms with Gasteiger partial charge >= 0.3 is 0 Å². The van der Waals surface area contributed by atoms with Crippen molar-refractivity contribution in [3.05, 3.63) is 58.2 Å². The fraction of sp³-hybridized carbons (Fsp3) is 0.294. The van der Waals surface area contributed by atoms with Gasteiger partial charge in [0, 0.05) is 22.5 Å². The van der Waals surface area contributed by atoms with Crippen molar-refractivity contribution in [1.82, 2.24) is 9.78 Å². The lowest BCUT2D eigenvalue weighted by Crippen LogP contribution is -2.18. The number of rotatable bonds is 5. The van der Waals surface area contributed by atoms with Gasteiger partial charge in [-0.3, -0.25) is 4.79 Å². The van der Waals surface area contributed by atoms with E-state index in [9.17, 15) is 4.79 Å². The number of nitrogens with one attached hydrogen (secondary N) is 1. The fourth-order valence-electron chi connectivity index (χ4n) is 2.67. The standard InChI is InChI=1S/C17H17Cl2N3O/c18-14-6-5-13(15(19)10-14)11-22-16(7-8-20-22)21-17(23)9-12-3-1-2-4-12/h1,3,5-8,10,12H,2,4,9,11H2,(H,21,23). The van der Waals surface area contributed by atoms with Crippen molar-refractivity contribution >= 4 is 34.9 Å². The van der Waals surface area contributed by atoms with Gasteiger partial charge in [0.1, 0.15) is 5.82 Å². The second-order valence-electron chi connectivity index (χ2n) is 5.63. The Hall–Kier alpha value is -1.78. The number of carbonyl (C=O) groups excluding carboxylic acids is 1. The highest BCUT2D eigenvalue weighted by molar-refractivity contribution is 6.35. The summed E-state index contributed by atoms with van der Waals surface area (Å²) in [5.74, 6) is 1.02. The third kappa shape index (κ3) is 4.15. The minimum atomic E-state index is 0.00510. The quantitative estimate of drug-likeness (QED) is 0.805. The zero-order chi connectivity index (χ0) is 16.2. The molecule has 0 radical (unpaired) electrons. The molecule has 1 amide bonds. The molecule has 2 aromatic rings. The van der Waals surface area contributed by atoms with Crippen LogP contribution in [0, 0.1) is 5.92 Å². The molecule has 0 spiro atoms. The molecule has 1 aliphatic carbocycles. The molecule has 0 aliphatic heterocycles. The molecule has 120 valence electrons. The van der Waals surface area contributed by atoms with Gasteiger partial charge in [-0.05, 0) is 36.5 Å². The summed E-state index contributed by atoms with van der Waals surface area (Å²) in [7, 11) is 0. The van der Waals surface area contributed by atoms with E-state index in [0.29, 0.717) is 34.7 Å². The topological polar surface area (TPSA) is 46.9 Å². The molecule has 0 saturated heterocycles. The van der Waals surface area contributed by atoms with Crippen LogP contribution in [0.4, 0.5) is 5.82 Å². The monoisotopic (exact) mass is 349 g/mol. The molecule has 1 heterocycles. The third-order valence-corrected chi connectivity index (χ3v) is 4.47. The number of anilines is 1. The van der Waals surface area contributed by atoms with Crippen LogP contribution < -0.4 is 5.32 Å². The first-order valence-corrected chi connectivity index (χ1v) is 8.29. The summed E-state index contributed by atoms with van der Waals surface area (Å²) in [6.45, 7) is 0.474. The Bertz CT molecular complexity index is 739. The van der Waals surface area contributed by atoms with Crippen LogP contribution in [0.5, 0.6) is 0 Å². The SMILES string of the molecule is O=C(CC1C=CCC1)Nc1ccnn1Cc1ccc(Cl)cc1Cl. The van der Waals surface area contributed by atoms with E-state index in [-0.39, 0.29) is 5.91 Å². The lowest BCUT2D eigenvalue weighted by Gasteiger charge is -2.12. The van der Waals surface area contributed by atoms with E-state index in [1.807, 2.05) is 6.07 Å². The van der Waals surface area contributed by atoms with Gasteiger partial charge in [-0.1, -0.05) is 41.4 Å².